The number of hydrogen-bond acceptors (Lipinski definition) is 7. The van der Waals surface area contributed by atoms with Crippen LogP contribution < -0.4 is 20.7 Å². The highest BCUT2D eigenvalue weighted by Crippen LogP contribution is 2.26. The van der Waals surface area contributed by atoms with E-state index < -0.39 is 5.91 Å². The summed E-state index contributed by atoms with van der Waals surface area (Å²) in [6, 6.07) is 4.02. The van der Waals surface area contributed by atoms with Gasteiger partial charge in [-0.1, -0.05) is 0 Å². The van der Waals surface area contributed by atoms with E-state index in [1.54, 1.807) is 24.0 Å². The number of fused-ring (bicyclic) bond motifs is 1. The van der Waals surface area contributed by atoms with E-state index in [1.807, 2.05) is 18.3 Å². The van der Waals surface area contributed by atoms with Crippen molar-refractivity contribution in [2.24, 2.45) is 12.8 Å². The zero-order valence-electron chi connectivity index (χ0n) is 19.1. The second-order valence-electron chi connectivity index (χ2n) is 8.83. The van der Waals surface area contributed by atoms with E-state index in [9.17, 15) is 9.59 Å². The van der Waals surface area contributed by atoms with E-state index in [4.69, 9.17) is 15.2 Å². The van der Waals surface area contributed by atoms with Crippen molar-refractivity contribution < 1.29 is 19.1 Å². The summed E-state index contributed by atoms with van der Waals surface area (Å²) in [5, 5.41) is 11.7. The van der Waals surface area contributed by atoms with E-state index in [2.05, 4.69) is 20.4 Å². The van der Waals surface area contributed by atoms with Crippen LogP contribution in [0.25, 0.3) is 5.52 Å². The molecule has 0 aromatic carbocycles. The van der Waals surface area contributed by atoms with Crippen molar-refractivity contribution in [3.63, 3.8) is 0 Å². The molecule has 2 fully saturated rings. The van der Waals surface area contributed by atoms with Gasteiger partial charge in [0, 0.05) is 32.4 Å². The van der Waals surface area contributed by atoms with Gasteiger partial charge in [-0.3, -0.25) is 14.3 Å². The smallest absolute Gasteiger partial charge is 0.255 e. The van der Waals surface area contributed by atoms with Crippen molar-refractivity contribution in [3.8, 4) is 5.88 Å². The van der Waals surface area contributed by atoms with Gasteiger partial charge in [-0.05, 0) is 37.8 Å². The van der Waals surface area contributed by atoms with Gasteiger partial charge in [-0.2, -0.15) is 5.10 Å². The normalized spacial score (nSPS) is 20.9. The Hall–Kier alpha value is -3.60. The Morgan fingerprint density at radius 3 is 2.62 bits per heavy atom. The molecule has 1 saturated carbocycles. The van der Waals surface area contributed by atoms with Crippen molar-refractivity contribution in [1.29, 1.82) is 0 Å². The predicted molar refractivity (Wildman–Crippen MR) is 124 cm³/mol. The monoisotopic (exact) mass is 467 g/mol. The van der Waals surface area contributed by atoms with Crippen LogP contribution in [0.4, 0.5) is 5.69 Å². The molecular formula is C23H29N7O4. The summed E-state index contributed by atoms with van der Waals surface area (Å²) in [6.45, 7) is 3.12. The highest BCUT2D eigenvalue weighted by molar-refractivity contribution is 6.00. The third-order valence-corrected chi connectivity index (χ3v) is 6.47. The maximum absolute atomic E-state index is 13.0. The van der Waals surface area contributed by atoms with E-state index in [0.717, 1.165) is 50.0 Å². The number of anilines is 1. The van der Waals surface area contributed by atoms with E-state index in [0.29, 0.717) is 18.8 Å². The molecule has 1 saturated heterocycles. The fraction of sp³-hybridized carbons (Fsp3) is 0.478. The molecule has 1 aliphatic heterocycles. The van der Waals surface area contributed by atoms with Gasteiger partial charge < -0.3 is 25.4 Å². The molecule has 3 aromatic rings. The number of carbonyl (C=O) groups is 2. The van der Waals surface area contributed by atoms with Crippen LogP contribution >= 0.6 is 0 Å². The van der Waals surface area contributed by atoms with Gasteiger partial charge in [-0.15, -0.1) is 5.10 Å². The minimum absolute atomic E-state index is 0.0502. The minimum atomic E-state index is -0.561. The highest BCUT2D eigenvalue weighted by atomic mass is 16.5. The Balaban J connectivity index is 1.18. The van der Waals surface area contributed by atoms with Crippen LogP contribution in [0.15, 0.2) is 30.7 Å². The lowest BCUT2D eigenvalue weighted by atomic mass is 9.92. The maximum atomic E-state index is 13.0. The summed E-state index contributed by atoms with van der Waals surface area (Å²) in [4.78, 5) is 26.8. The molecule has 2 amide bonds. The van der Waals surface area contributed by atoms with Gasteiger partial charge in [0.05, 0.1) is 42.4 Å². The number of morpholine rings is 1. The number of primary amides is 1. The Kier molecular flexibility index (Phi) is 6.10. The molecule has 0 atom stereocenters. The Morgan fingerprint density at radius 2 is 1.88 bits per heavy atom. The van der Waals surface area contributed by atoms with Crippen LogP contribution in [-0.2, 0) is 11.8 Å². The summed E-state index contributed by atoms with van der Waals surface area (Å²) in [5.41, 5.74) is 8.09. The van der Waals surface area contributed by atoms with Crippen molar-refractivity contribution in [2.75, 3.05) is 31.2 Å². The van der Waals surface area contributed by atoms with Crippen LogP contribution in [0.3, 0.4) is 0 Å². The first-order valence-electron chi connectivity index (χ1n) is 11.6. The number of nitrogens with zero attached hydrogens (tertiary/aromatic N) is 5. The topological polar surface area (TPSA) is 129 Å². The molecule has 4 heterocycles. The molecule has 11 heteroatoms. The van der Waals surface area contributed by atoms with Gasteiger partial charge in [0.15, 0.2) is 0 Å². The quantitative estimate of drug-likeness (QED) is 0.556. The molecule has 5 rings (SSSR count). The van der Waals surface area contributed by atoms with Gasteiger partial charge in [-0.25, -0.2) is 4.52 Å². The van der Waals surface area contributed by atoms with Crippen LogP contribution in [0.1, 0.15) is 46.4 Å². The number of hydrogen-bond donors (Lipinski definition) is 2. The molecular weight excluding hydrogens is 438 g/mol. The van der Waals surface area contributed by atoms with E-state index >= 15 is 0 Å². The number of nitrogens with two attached hydrogens (primary N) is 1. The Labute approximate surface area is 196 Å². The molecule has 0 bridgehead atoms. The zero-order valence-corrected chi connectivity index (χ0v) is 19.1. The highest BCUT2D eigenvalue weighted by Gasteiger charge is 2.27. The molecule has 1 aliphatic carbocycles. The van der Waals surface area contributed by atoms with Crippen molar-refractivity contribution in [1.82, 2.24) is 24.7 Å². The summed E-state index contributed by atoms with van der Waals surface area (Å²) in [7, 11) is 1.72. The van der Waals surface area contributed by atoms with Gasteiger partial charge >= 0.3 is 0 Å². The first-order chi connectivity index (χ1) is 16.5. The fourth-order valence-electron chi connectivity index (χ4n) is 4.63. The number of carbonyl (C=O) groups excluding carboxylic acids is 2. The van der Waals surface area contributed by atoms with Crippen LogP contribution in [-0.4, -0.2) is 69.7 Å². The Morgan fingerprint density at radius 1 is 1.12 bits per heavy atom. The molecule has 11 nitrogen and oxygen atoms in total. The average Bonchev–Trinajstić information content (AvgIpc) is 3.43. The number of rotatable bonds is 6. The second kappa shape index (κ2) is 9.34. The lowest BCUT2D eigenvalue weighted by Gasteiger charge is -2.29. The van der Waals surface area contributed by atoms with Crippen LogP contribution in [0, 0.1) is 0 Å². The molecule has 3 aromatic heterocycles. The number of pyridine rings is 1. The second-order valence-corrected chi connectivity index (χ2v) is 8.83. The predicted octanol–water partition coefficient (Wildman–Crippen LogP) is 1.12. The molecule has 2 aliphatic rings. The number of amides is 2. The summed E-state index contributed by atoms with van der Waals surface area (Å²) in [5.74, 6) is -0.418. The zero-order chi connectivity index (χ0) is 23.7. The number of aromatic nitrogens is 4. The molecule has 180 valence electrons. The van der Waals surface area contributed by atoms with Gasteiger partial charge in [0.2, 0.25) is 5.88 Å². The average molecular weight is 468 g/mol. The molecule has 0 radical (unpaired) electrons. The molecule has 34 heavy (non-hydrogen) atoms. The third kappa shape index (κ3) is 4.56. The first-order valence-corrected chi connectivity index (χ1v) is 11.6. The lowest BCUT2D eigenvalue weighted by Crippen LogP contribution is -2.39. The van der Waals surface area contributed by atoms with Crippen molar-refractivity contribution in [2.45, 2.75) is 37.8 Å². The SMILES string of the molecule is Cn1cc(C(N)=O)c(OC2CCC(NC(=O)c3cnn4cc(N5CCOCC5)ccc34)CC2)n1. The number of aryl methyl sites for hydroxylation is 1. The van der Waals surface area contributed by atoms with Gasteiger partial charge in [0.1, 0.15) is 11.7 Å². The number of nitrogens with one attached hydrogen (secondary N) is 1. The lowest BCUT2D eigenvalue weighted by molar-refractivity contribution is 0.0882. The fourth-order valence-corrected chi connectivity index (χ4v) is 4.63. The Bertz CT molecular complexity index is 1190. The number of ether oxygens (including phenoxy) is 2. The summed E-state index contributed by atoms with van der Waals surface area (Å²) in [6.07, 6.45) is 8.10. The third-order valence-electron chi connectivity index (χ3n) is 6.47. The van der Waals surface area contributed by atoms with Crippen LogP contribution in [0.5, 0.6) is 5.88 Å². The summed E-state index contributed by atoms with van der Waals surface area (Å²) < 4.78 is 14.6. The van der Waals surface area contributed by atoms with E-state index in [1.165, 1.54) is 4.68 Å². The molecule has 0 unspecified atom stereocenters. The van der Waals surface area contributed by atoms with Crippen molar-refractivity contribution in [3.05, 3.63) is 41.9 Å². The minimum Gasteiger partial charge on any atom is -0.473 e. The maximum Gasteiger partial charge on any atom is 0.255 e. The standard InChI is InChI=1S/C23H29N7O4/c1-28-14-19(21(24)31)23(27-28)34-17-5-2-15(3-6-17)26-22(32)18-12-25-30-13-16(4-7-20(18)30)29-8-10-33-11-9-29/h4,7,12-15,17H,2-3,5-6,8-11H2,1H3,(H2,24,31)(H,26,32). The van der Waals surface area contributed by atoms with E-state index in [-0.39, 0.29) is 29.5 Å². The van der Waals surface area contributed by atoms with Gasteiger partial charge in [0.25, 0.3) is 11.8 Å². The first kappa shape index (κ1) is 22.2. The summed E-state index contributed by atoms with van der Waals surface area (Å²) >= 11 is 0. The van der Waals surface area contributed by atoms with Crippen LogP contribution in [0.2, 0.25) is 0 Å². The van der Waals surface area contributed by atoms with Crippen molar-refractivity contribution >= 4 is 23.0 Å². The molecule has 0 spiro atoms. The molecule has 3 N–H and O–H groups in total. The largest absolute Gasteiger partial charge is 0.473 e.